The molecule has 110 valence electrons. The van der Waals surface area contributed by atoms with Crippen LogP contribution in [0.4, 0.5) is 0 Å². The van der Waals surface area contributed by atoms with Gasteiger partial charge in [0.05, 0.1) is 13.1 Å². The van der Waals surface area contributed by atoms with Gasteiger partial charge in [-0.25, -0.2) is 0 Å². The topological polar surface area (TPSA) is 72.9 Å². The third-order valence-electron chi connectivity index (χ3n) is 3.04. The second-order valence-corrected chi connectivity index (χ2v) is 4.94. The minimum absolute atomic E-state index is 0.0441. The number of hydrogen-bond donors (Lipinski definition) is 0. The highest BCUT2D eigenvalue weighted by Crippen LogP contribution is 2.07. The zero-order valence-electron chi connectivity index (χ0n) is 11.8. The first-order chi connectivity index (χ1) is 10.0. The molecule has 1 aliphatic heterocycles. The van der Waals surface area contributed by atoms with Gasteiger partial charge in [-0.05, 0) is 19.0 Å². The Hall–Kier alpha value is -2.15. The Bertz CT molecular complexity index is 513. The van der Waals surface area contributed by atoms with E-state index in [0.717, 1.165) is 5.56 Å². The van der Waals surface area contributed by atoms with E-state index in [1.807, 2.05) is 30.3 Å². The summed E-state index contributed by atoms with van der Waals surface area (Å²) >= 11 is 0. The summed E-state index contributed by atoms with van der Waals surface area (Å²) in [6.07, 6.45) is 0.649. The zero-order chi connectivity index (χ0) is 15.2. The first-order valence-electron chi connectivity index (χ1n) is 6.69. The second-order valence-electron chi connectivity index (χ2n) is 4.94. The summed E-state index contributed by atoms with van der Waals surface area (Å²) in [7, 11) is 0.169. The summed E-state index contributed by atoms with van der Waals surface area (Å²) in [6, 6.07) is 9.45. The molecule has 1 aromatic carbocycles. The number of likely N-dealkylation sites (N-methyl/N-ethyl adjacent to an activating group) is 1. The summed E-state index contributed by atoms with van der Waals surface area (Å²) < 4.78 is 9.82. The van der Waals surface area contributed by atoms with Gasteiger partial charge in [-0.15, -0.1) is 0 Å². The molecule has 0 N–H and O–H groups in total. The Morgan fingerprint density at radius 3 is 2.29 bits per heavy atom. The van der Waals surface area contributed by atoms with Gasteiger partial charge in [0.15, 0.2) is 5.68 Å². The highest BCUT2D eigenvalue weighted by atomic mass is 16.6. The van der Waals surface area contributed by atoms with E-state index in [1.54, 1.807) is 7.05 Å². The average molecular weight is 289 g/mol. The Balaban J connectivity index is 1.93. The molecule has 0 amide bonds. The van der Waals surface area contributed by atoms with Crippen molar-refractivity contribution in [3.63, 3.8) is 0 Å². The van der Waals surface area contributed by atoms with Crippen molar-refractivity contribution in [1.29, 1.82) is 0 Å². The number of carbonyl (C=O) groups excluding carboxylic acids is 3. The van der Waals surface area contributed by atoms with Gasteiger partial charge in [-0.3, -0.25) is 14.5 Å². The van der Waals surface area contributed by atoms with Gasteiger partial charge in [-0.1, -0.05) is 30.3 Å². The van der Waals surface area contributed by atoms with E-state index in [0.29, 0.717) is 6.42 Å². The van der Waals surface area contributed by atoms with Crippen LogP contribution in [-0.4, -0.2) is 49.8 Å². The lowest BCUT2D eigenvalue weighted by atomic mass is 9.79. The van der Waals surface area contributed by atoms with Gasteiger partial charge in [0.1, 0.15) is 0 Å². The van der Waals surface area contributed by atoms with Gasteiger partial charge in [0, 0.05) is 6.42 Å². The fourth-order valence-electron chi connectivity index (χ4n) is 2.00. The number of aryl methyl sites for hydroxylation is 1. The Labute approximate surface area is 123 Å². The number of carbonyl (C=O) groups is 3. The molecule has 1 heterocycles. The van der Waals surface area contributed by atoms with Crippen LogP contribution in [0.3, 0.4) is 0 Å². The lowest BCUT2D eigenvalue weighted by molar-refractivity contribution is -0.147. The summed E-state index contributed by atoms with van der Waals surface area (Å²) in [4.78, 5) is 36.6. The molecule has 0 aromatic heterocycles. The fourth-order valence-corrected chi connectivity index (χ4v) is 2.00. The lowest BCUT2D eigenvalue weighted by Crippen LogP contribution is -2.46. The molecular formula is C14H16BNO5. The Kier molecular flexibility index (Phi) is 5.11. The molecule has 0 radical (unpaired) electrons. The third kappa shape index (κ3) is 4.71. The summed E-state index contributed by atoms with van der Waals surface area (Å²) in [6.45, 7) is -0.0882. The molecule has 0 saturated carbocycles. The van der Waals surface area contributed by atoms with Crippen LogP contribution in [-0.2, 0) is 30.1 Å². The maximum Gasteiger partial charge on any atom is 0.674 e. The molecule has 1 saturated heterocycles. The van der Waals surface area contributed by atoms with Crippen LogP contribution in [0, 0.1) is 0 Å². The third-order valence-corrected chi connectivity index (χ3v) is 3.04. The summed E-state index contributed by atoms with van der Waals surface area (Å²) in [5.41, 5.74) is 0.583. The normalized spacial score (nSPS) is 16.7. The molecule has 1 aromatic rings. The molecular weight excluding hydrogens is 273 g/mol. The fraction of sp³-hybridized carbons (Fsp3) is 0.357. The molecule has 0 bridgehead atoms. The van der Waals surface area contributed by atoms with Gasteiger partial charge in [0.2, 0.25) is 0 Å². The van der Waals surface area contributed by atoms with E-state index < -0.39 is 24.7 Å². The van der Waals surface area contributed by atoms with Crippen LogP contribution >= 0.6 is 0 Å². The predicted octanol–water partition coefficient (Wildman–Crippen LogP) is 0.247. The van der Waals surface area contributed by atoms with Crippen molar-refractivity contribution in [3.8, 4) is 0 Å². The van der Waals surface area contributed by atoms with Crippen LogP contribution < -0.4 is 0 Å². The molecule has 7 heteroatoms. The maximum atomic E-state index is 12.0. The van der Waals surface area contributed by atoms with E-state index >= 15 is 0 Å². The minimum Gasteiger partial charge on any atom is -0.493 e. The van der Waals surface area contributed by atoms with E-state index in [2.05, 4.69) is 0 Å². The molecule has 0 atom stereocenters. The molecule has 1 aliphatic rings. The van der Waals surface area contributed by atoms with Crippen LogP contribution in [0.15, 0.2) is 30.3 Å². The van der Waals surface area contributed by atoms with E-state index in [9.17, 15) is 14.4 Å². The maximum absolute atomic E-state index is 12.0. The predicted molar refractivity (Wildman–Crippen MR) is 75.2 cm³/mol. The molecule has 1 fully saturated rings. The highest BCUT2D eigenvalue weighted by molar-refractivity contribution is 6.82. The smallest absolute Gasteiger partial charge is 0.493 e. The van der Waals surface area contributed by atoms with Crippen molar-refractivity contribution in [3.05, 3.63) is 35.9 Å². The number of rotatable bonds is 4. The molecule has 0 aliphatic carbocycles. The Morgan fingerprint density at radius 2 is 1.71 bits per heavy atom. The summed E-state index contributed by atoms with van der Waals surface area (Å²) in [5.74, 6) is -1.16. The van der Waals surface area contributed by atoms with Crippen LogP contribution in [0.1, 0.15) is 12.0 Å². The monoisotopic (exact) mass is 289 g/mol. The molecule has 6 nitrogen and oxygen atoms in total. The van der Waals surface area contributed by atoms with Crippen molar-refractivity contribution in [2.75, 3.05) is 20.1 Å². The largest absolute Gasteiger partial charge is 0.674 e. The van der Waals surface area contributed by atoms with Crippen LogP contribution in [0.5, 0.6) is 0 Å². The first-order valence-corrected chi connectivity index (χ1v) is 6.69. The van der Waals surface area contributed by atoms with Crippen LogP contribution in [0.2, 0.25) is 0 Å². The molecule has 2 rings (SSSR count). The van der Waals surface area contributed by atoms with Crippen molar-refractivity contribution < 1.29 is 23.7 Å². The molecule has 0 spiro atoms. The average Bonchev–Trinajstić information content (AvgIpc) is 2.43. The Morgan fingerprint density at radius 1 is 1.14 bits per heavy atom. The van der Waals surface area contributed by atoms with Gasteiger partial charge >= 0.3 is 19.1 Å². The van der Waals surface area contributed by atoms with Crippen molar-refractivity contribution in [1.82, 2.24) is 4.90 Å². The SMILES string of the molecule is CN1CC(=O)OB(C(=O)CCc2ccccc2)OC(=O)C1. The zero-order valence-corrected chi connectivity index (χ0v) is 11.8. The quantitative estimate of drug-likeness (QED) is 0.740. The van der Waals surface area contributed by atoms with Crippen molar-refractivity contribution >= 4 is 24.7 Å². The van der Waals surface area contributed by atoms with Crippen LogP contribution in [0.25, 0.3) is 0 Å². The van der Waals surface area contributed by atoms with Gasteiger partial charge < -0.3 is 14.1 Å². The number of nitrogens with zero attached hydrogens (tertiary/aromatic N) is 1. The highest BCUT2D eigenvalue weighted by Gasteiger charge is 2.38. The first kappa shape index (κ1) is 15.2. The second kappa shape index (κ2) is 7.03. The molecule has 0 unspecified atom stereocenters. The number of hydrogen-bond acceptors (Lipinski definition) is 6. The van der Waals surface area contributed by atoms with Crippen molar-refractivity contribution in [2.24, 2.45) is 0 Å². The van der Waals surface area contributed by atoms with E-state index in [1.165, 1.54) is 4.90 Å². The summed E-state index contributed by atoms with van der Waals surface area (Å²) in [5, 5.41) is 0. The standard InChI is InChI=1S/C14H16BNO5/c1-16-9-13(18)20-15(21-14(19)10-16)12(17)8-7-11-5-3-2-4-6-11/h2-6H,7-10H2,1H3. The van der Waals surface area contributed by atoms with E-state index in [4.69, 9.17) is 9.31 Å². The minimum atomic E-state index is -1.43. The number of benzene rings is 1. The van der Waals surface area contributed by atoms with Gasteiger partial charge in [0.25, 0.3) is 0 Å². The lowest BCUT2D eigenvalue weighted by Gasteiger charge is -2.21. The molecule has 21 heavy (non-hydrogen) atoms. The van der Waals surface area contributed by atoms with Crippen molar-refractivity contribution in [2.45, 2.75) is 12.8 Å². The van der Waals surface area contributed by atoms with E-state index in [-0.39, 0.29) is 19.5 Å². The van der Waals surface area contributed by atoms with Gasteiger partial charge in [-0.2, -0.15) is 0 Å².